The van der Waals surface area contributed by atoms with Gasteiger partial charge in [0.05, 0.1) is 22.7 Å². The zero-order valence-electron chi connectivity index (χ0n) is 26.3. The van der Waals surface area contributed by atoms with Crippen molar-refractivity contribution < 1.29 is 0 Å². The maximum Gasteiger partial charge on any atom is 0.0991 e. The Kier molecular flexibility index (Phi) is 6.11. The van der Waals surface area contributed by atoms with Crippen LogP contribution < -0.4 is 4.90 Å². The van der Waals surface area contributed by atoms with Gasteiger partial charge < -0.3 is 9.47 Å². The summed E-state index contributed by atoms with van der Waals surface area (Å²) in [5.41, 5.74) is 9.79. The van der Waals surface area contributed by atoms with Gasteiger partial charge in [0.25, 0.3) is 0 Å². The molecule has 0 aliphatic rings. The molecule has 8 aromatic carbocycles. The van der Waals surface area contributed by atoms with Crippen molar-refractivity contribution in [2.75, 3.05) is 4.90 Å². The molecule has 0 aliphatic carbocycles. The molecule has 3 nitrogen and oxygen atoms in total. The van der Waals surface area contributed by atoms with Crippen molar-refractivity contribution in [3.8, 4) is 22.9 Å². The van der Waals surface area contributed by atoms with Gasteiger partial charge in [-0.1, -0.05) is 84.9 Å². The molecule has 0 fully saturated rings. The van der Waals surface area contributed by atoms with E-state index in [0.717, 1.165) is 17.1 Å². The van der Waals surface area contributed by atoms with Gasteiger partial charge in [0.2, 0.25) is 0 Å². The van der Waals surface area contributed by atoms with Gasteiger partial charge >= 0.3 is 0 Å². The van der Waals surface area contributed by atoms with Gasteiger partial charge in [0.15, 0.2) is 0 Å². The Bertz CT molecular complexity index is 2870. The summed E-state index contributed by atoms with van der Waals surface area (Å²) in [6.45, 7) is 0. The number of thiophene rings is 1. The average Bonchev–Trinajstić information content (AvgIpc) is 3.71. The van der Waals surface area contributed by atoms with Crippen LogP contribution in [0.25, 0.3) is 69.6 Å². The van der Waals surface area contributed by atoms with E-state index in [1.165, 1.54) is 69.6 Å². The summed E-state index contributed by atoms with van der Waals surface area (Å²) in [6.07, 6.45) is 0. The lowest BCUT2D eigenvalue weighted by molar-refractivity contribution is 1.18. The lowest BCUT2D eigenvalue weighted by Gasteiger charge is -2.26. The molecule has 0 atom stereocenters. The number of rotatable bonds is 5. The molecular weight excluding hydrogens is 615 g/mol. The van der Waals surface area contributed by atoms with Gasteiger partial charge in [-0.2, -0.15) is 5.26 Å². The summed E-state index contributed by atoms with van der Waals surface area (Å²) in [5, 5.41) is 17.2. The molecule has 2 heterocycles. The molecule has 0 saturated heterocycles. The van der Waals surface area contributed by atoms with Crippen LogP contribution in [0.2, 0.25) is 0 Å². The van der Waals surface area contributed by atoms with Crippen molar-refractivity contribution >= 4 is 81.1 Å². The van der Waals surface area contributed by atoms with Crippen LogP contribution in [0.4, 0.5) is 17.1 Å². The second-order valence-corrected chi connectivity index (χ2v) is 13.6. The number of para-hydroxylation sites is 1. The third-order valence-corrected chi connectivity index (χ3v) is 10.9. The van der Waals surface area contributed by atoms with Crippen LogP contribution in [0, 0.1) is 11.3 Å². The maximum absolute atomic E-state index is 9.49. The van der Waals surface area contributed by atoms with E-state index >= 15 is 0 Å². The Hall–Kier alpha value is -6.41. The highest BCUT2D eigenvalue weighted by Gasteiger charge is 2.20. The van der Waals surface area contributed by atoms with Crippen LogP contribution in [0.1, 0.15) is 5.56 Å². The van der Waals surface area contributed by atoms with Crippen LogP contribution >= 0.6 is 11.3 Å². The second-order valence-electron chi connectivity index (χ2n) is 12.5. The summed E-state index contributed by atoms with van der Waals surface area (Å²) in [5.74, 6) is 0. The third-order valence-electron chi connectivity index (χ3n) is 9.79. The van der Waals surface area contributed by atoms with Crippen molar-refractivity contribution in [3.63, 3.8) is 0 Å². The zero-order valence-corrected chi connectivity index (χ0v) is 27.2. The van der Waals surface area contributed by atoms with Crippen molar-refractivity contribution in [1.29, 1.82) is 5.26 Å². The summed E-state index contributed by atoms with van der Waals surface area (Å²) in [7, 11) is 0. The monoisotopic (exact) mass is 641 g/mol. The standard InChI is InChI=1S/C45H27N3S/c46-28-29-13-18-33(19-14-29)47(35-22-24-38-37-10-4-5-12-42(37)49-43(38)27-35)34-20-15-30(16-21-34)36-25-26-41-45-39(36)23-17-31-7-6-11-40(44(31)45)48(41)32-8-2-1-3-9-32/h1-27H. The molecule has 0 spiro atoms. The molecule has 228 valence electrons. The van der Waals surface area contributed by atoms with Gasteiger partial charge in [-0.05, 0) is 101 Å². The maximum atomic E-state index is 9.49. The lowest BCUT2D eigenvalue weighted by Crippen LogP contribution is -2.09. The third kappa shape index (κ3) is 4.27. The fourth-order valence-electron chi connectivity index (χ4n) is 7.57. The molecule has 0 radical (unpaired) electrons. The average molecular weight is 642 g/mol. The SMILES string of the molecule is N#Cc1ccc(N(c2ccc(-c3ccc4c5c3ccc3cccc(c35)n4-c3ccccc3)cc2)c2ccc3c(c2)sc2ccccc23)cc1. The smallest absolute Gasteiger partial charge is 0.0991 e. The van der Waals surface area contributed by atoms with E-state index in [4.69, 9.17) is 0 Å². The Labute approximate surface area is 287 Å². The first-order valence-corrected chi connectivity index (χ1v) is 17.2. The molecule has 0 saturated carbocycles. The summed E-state index contributed by atoms with van der Waals surface area (Å²) < 4.78 is 4.93. The van der Waals surface area contributed by atoms with E-state index in [1.807, 2.05) is 35.6 Å². The molecule has 0 bridgehead atoms. The van der Waals surface area contributed by atoms with Gasteiger partial charge in [0, 0.05) is 53.7 Å². The van der Waals surface area contributed by atoms with E-state index < -0.39 is 0 Å². The van der Waals surface area contributed by atoms with Crippen LogP contribution in [0.15, 0.2) is 164 Å². The molecule has 10 aromatic rings. The number of fused-ring (bicyclic) bond motifs is 3. The van der Waals surface area contributed by atoms with E-state index in [9.17, 15) is 5.26 Å². The first-order valence-electron chi connectivity index (χ1n) is 16.4. The Morgan fingerprint density at radius 3 is 2.02 bits per heavy atom. The number of nitrogens with zero attached hydrogens (tertiary/aromatic N) is 3. The fourth-order valence-corrected chi connectivity index (χ4v) is 8.71. The minimum absolute atomic E-state index is 0.646. The van der Waals surface area contributed by atoms with Gasteiger partial charge in [-0.15, -0.1) is 11.3 Å². The molecule has 0 aliphatic heterocycles. The van der Waals surface area contributed by atoms with Gasteiger partial charge in [0.1, 0.15) is 0 Å². The number of benzene rings is 8. The highest BCUT2D eigenvalue weighted by molar-refractivity contribution is 7.25. The van der Waals surface area contributed by atoms with E-state index in [1.54, 1.807) is 0 Å². The zero-order chi connectivity index (χ0) is 32.5. The fraction of sp³-hybridized carbons (Fsp3) is 0. The second kappa shape index (κ2) is 10.8. The highest BCUT2D eigenvalue weighted by Crippen LogP contribution is 2.44. The quantitative estimate of drug-likeness (QED) is 0.175. The summed E-state index contributed by atoms with van der Waals surface area (Å²) in [4.78, 5) is 2.28. The molecule has 0 N–H and O–H groups in total. The largest absolute Gasteiger partial charge is 0.310 e. The highest BCUT2D eigenvalue weighted by atomic mass is 32.1. The first-order chi connectivity index (χ1) is 24.2. The number of anilines is 3. The van der Waals surface area contributed by atoms with Crippen LogP contribution in [0.3, 0.4) is 0 Å². The van der Waals surface area contributed by atoms with Crippen molar-refractivity contribution in [2.24, 2.45) is 0 Å². The van der Waals surface area contributed by atoms with Gasteiger partial charge in [-0.25, -0.2) is 0 Å². The van der Waals surface area contributed by atoms with Crippen LogP contribution in [0.5, 0.6) is 0 Å². The molecule has 4 heteroatoms. The summed E-state index contributed by atoms with van der Waals surface area (Å²) >= 11 is 1.82. The topological polar surface area (TPSA) is 32.0 Å². The number of hydrogen-bond acceptors (Lipinski definition) is 3. The number of nitriles is 1. The molecule has 0 unspecified atom stereocenters. The van der Waals surface area contributed by atoms with Crippen molar-refractivity contribution in [1.82, 2.24) is 4.57 Å². The van der Waals surface area contributed by atoms with E-state index in [0.29, 0.717) is 5.56 Å². The molecule has 49 heavy (non-hydrogen) atoms. The Balaban J connectivity index is 1.12. The minimum Gasteiger partial charge on any atom is -0.310 e. The molecule has 0 amide bonds. The molecule has 2 aromatic heterocycles. The summed E-state index contributed by atoms with van der Waals surface area (Å²) in [6, 6.07) is 60.7. The number of aromatic nitrogens is 1. The minimum atomic E-state index is 0.646. The Morgan fingerprint density at radius 1 is 0.510 bits per heavy atom. The molecule has 10 rings (SSSR count). The predicted octanol–water partition coefficient (Wildman–Crippen LogP) is 12.8. The van der Waals surface area contributed by atoms with Crippen molar-refractivity contribution in [2.45, 2.75) is 0 Å². The van der Waals surface area contributed by atoms with Crippen LogP contribution in [-0.2, 0) is 0 Å². The van der Waals surface area contributed by atoms with Crippen LogP contribution in [-0.4, -0.2) is 4.57 Å². The normalized spacial score (nSPS) is 11.7. The predicted molar refractivity (Wildman–Crippen MR) is 207 cm³/mol. The van der Waals surface area contributed by atoms with Gasteiger partial charge in [-0.3, -0.25) is 0 Å². The number of hydrogen-bond donors (Lipinski definition) is 0. The van der Waals surface area contributed by atoms with Crippen molar-refractivity contribution in [3.05, 3.63) is 169 Å². The lowest BCUT2D eigenvalue weighted by atomic mass is 9.94. The first kappa shape index (κ1) is 27.7. The Morgan fingerprint density at radius 2 is 1.20 bits per heavy atom. The van der Waals surface area contributed by atoms with E-state index in [-0.39, 0.29) is 0 Å². The van der Waals surface area contributed by atoms with E-state index in [2.05, 4.69) is 155 Å². The molecular formula is C45H27N3S.